The molecule has 3 aromatic rings. The predicted molar refractivity (Wildman–Crippen MR) is 75.8 cm³/mol. The van der Waals surface area contributed by atoms with Gasteiger partial charge in [0.2, 0.25) is 0 Å². The van der Waals surface area contributed by atoms with Gasteiger partial charge in [0.25, 0.3) is 0 Å². The van der Waals surface area contributed by atoms with E-state index in [1.807, 2.05) is 30.3 Å². The van der Waals surface area contributed by atoms with Gasteiger partial charge in [-0.1, -0.05) is 23.2 Å². The molecule has 0 saturated heterocycles. The van der Waals surface area contributed by atoms with Crippen molar-refractivity contribution >= 4 is 45.0 Å². The Labute approximate surface area is 114 Å². The third-order valence-corrected chi connectivity index (χ3v) is 3.36. The van der Waals surface area contributed by atoms with Crippen LogP contribution in [0.2, 0.25) is 10.0 Å². The maximum absolute atomic E-state index is 6.20. The Kier molecular flexibility index (Phi) is 2.77. The Morgan fingerprint density at radius 3 is 2.61 bits per heavy atom. The van der Waals surface area contributed by atoms with Crippen molar-refractivity contribution in [3.8, 4) is 5.75 Å². The van der Waals surface area contributed by atoms with Crippen molar-refractivity contribution in [1.29, 1.82) is 0 Å². The summed E-state index contributed by atoms with van der Waals surface area (Å²) in [5, 5.41) is 3.20. The van der Waals surface area contributed by atoms with Gasteiger partial charge in [-0.25, -0.2) is 4.98 Å². The average molecular weight is 278 g/mol. The van der Waals surface area contributed by atoms with E-state index in [4.69, 9.17) is 27.9 Å². The molecule has 90 valence electrons. The van der Waals surface area contributed by atoms with E-state index in [0.29, 0.717) is 10.0 Å². The van der Waals surface area contributed by atoms with Crippen molar-refractivity contribution in [2.24, 2.45) is 0 Å². The minimum absolute atomic E-state index is 0.584. The van der Waals surface area contributed by atoms with Crippen LogP contribution in [0.3, 0.4) is 0 Å². The topological polar surface area (TPSA) is 22.1 Å². The summed E-state index contributed by atoms with van der Waals surface area (Å²) in [6, 6.07) is 11.3. The van der Waals surface area contributed by atoms with E-state index < -0.39 is 0 Å². The molecule has 0 N–H and O–H groups in total. The van der Waals surface area contributed by atoms with Crippen molar-refractivity contribution in [3.05, 3.63) is 46.4 Å². The molecule has 0 bridgehead atoms. The number of ether oxygens (including phenoxy) is 1. The lowest BCUT2D eigenvalue weighted by Crippen LogP contribution is -1.87. The van der Waals surface area contributed by atoms with Crippen LogP contribution >= 0.6 is 23.2 Å². The first-order chi connectivity index (χ1) is 8.67. The first-order valence-corrected chi connectivity index (χ1v) is 6.16. The van der Waals surface area contributed by atoms with Gasteiger partial charge >= 0.3 is 0 Å². The molecule has 0 aliphatic heterocycles. The zero-order valence-corrected chi connectivity index (χ0v) is 11.1. The third-order valence-electron chi connectivity index (χ3n) is 2.83. The summed E-state index contributed by atoms with van der Waals surface area (Å²) in [6.45, 7) is 0. The van der Waals surface area contributed by atoms with E-state index in [0.717, 1.165) is 27.6 Å². The smallest absolute Gasteiger partial charge is 0.121 e. The van der Waals surface area contributed by atoms with Crippen LogP contribution in [-0.4, -0.2) is 12.1 Å². The normalized spacial score (nSPS) is 11.1. The van der Waals surface area contributed by atoms with E-state index in [9.17, 15) is 0 Å². The van der Waals surface area contributed by atoms with E-state index in [2.05, 4.69) is 4.98 Å². The third kappa shape index (κ3) is 1.88. The van der Waals surface area contributed by atoms with Gasteiger partial charge in [0.05, 0.1) is 23.2 Å². The second-order valence-corrected chi connectivity index (χ2v) is 4.85. The molecule has 3 rings (SSSR count). The van der Waals surface area contributed by atoms with E-state index in [1.165, 1.54) is 0 Å². The lowest BCUT2D eigenvalue weighted by atomic mass is 10.1. The molecule has 0 atom stereocenters. The number of methoxy groups -OCH3 is 1. The standard InChI is InChI=1S/C14H9Cl2NO/c1-18-11-6-9-4-8-5-10(15)2-3-13(8)17-14(9)12(16)7-11/h2-7H,1H3. The number of nitrogens with zero attached hydrogens (tertiary/aromatic N) is 1. The molecular weight excluding hydrogens is 269 g/mol. The van der Waals surface area contributed by atoms with Crippen molar-refractivity contribution < 1.29 is 4.74 Å². The highest BCUT2D eigenvalue weighted by Crippen LogP contribution is 2.30. The highest BCUT2D eigenvalue weighted by molar-refractivity contribution is 6.35. The Bertz CT molecular complexity index is 755. The molecule has 0 saturated carbocycles. The summed E-state index contributed by atoms with van der Waals surface area (Å²) in [5.41, 5.74) is 1.64. The summed E-state index contributed by atoms with van der Waals surface area (Å²) in [5.74, 6) is 0.718. The molecule has 2 aromatic carbocycles. The average Bonchev–Trinajstić information content (AvgIpc) is 2.36. The lowest BCUT2D eigenvalue weighted by Gasteiger charge is -2.06. The first-order valence-electron chi connectivity index (χ1n) is 5.41. The lowest BCUT2D eigenvalue weighted by molar-refractivity contribution is 0.415. The second-order valence-electron chi connectivity index (χ2n) is 4.01. The van der Waals surface area contributed by atoms with Gasteiger partial charge in [-0.05, 0) is 30.3 Å². The summed E-state index contributed by atoms with van der Waals surface area (Å²) < 4.78 is 5.20. The fourth-order valence-corrected chi connectivity index (χ4v) is 2.41. The monoisotopic (exact) mass is 277 g/mol. The number of fused-ring (bicyclic) bond motifs is 2. The second kappa shape index (κ2) is 4.30. The fraction of sp³-hybridized carbons (Fsp3) is 0.0714. The fourth-order valence-electron chi connectivity index (χ4n) is 1.97. The molecule has 1 heterocycles. The summed E-state index contributed by atoms with van der Waals surface area (Å²) in [4.78, 5) is 4.55. The molecule has 0 spiro atoms. The van der Waals surface area contributed by atoms with Crippen molar-refractivity contribution in [3.63, 3.8) is 0 Å². The minimum atomic E-state index is 0.584. The van der Waals surface area contributed by atoms with E-state index in [1.54, 1.807) is 13.2 Å². The summed E-state index contributed by atoms with van der Waals surface area (Å²) in [7, 11) is 1.61. The predicted octanol–water partition coefficient (Wildman–Crippen LogP) is 4.70. The van der Waals surface area contributed by atoms with Gasteiger partial charge < -0.3 is 4.74 Å². The molecule has 2 nitrogen and oxygen atoms in total. The molecule has 4 heteroatoms. The van der Waals surface area contributed by atoms with Gasteiger partial charge in [-0.2, -0.15) is 0 Å². The molecule has 0 aliphatic carbocycles. The largest absolute Gasteiger partial charge is 0.497 e. The number of benzene rings is 2. The minimum Gasteiger partial charge on any atom is -0.497 e. The SMILES string of the molecule is COc1cc(Cl)c2nc3ccc(Cl)cc3cc2c1. The number of pyridine rings is 1. The molecule has 1 aromatic heterocycles. The Morgan fingerprint density at radius 2 is 1.83 bits per heavy atom. The number of halogens is 2. The summed E-state index contributed by atoms with van der Waals surface area (Å²) in [6.07, 6.45) is 0. The van der Waals surface area contributed by atoms with Crippen LogP contribution in [0.15, 0.2) is 36.4 Å². The molecule has 0 amide bonds. The zero-order valence-electron chi connectivity index (χ0n) is 9.58. The number of hydrogen-bond donors (Lipinski definition) is 0. The molecule has 0 aliphatic rings. The van der Waals surface area contributed by atoms with Crippen molar-refractivity contribution in [1.82, 2.24) is 4.98 Å². The first kappa shape index (κ1) is 11.6. The highest BCUT2D eigenvalue weighted by atomic mass is 35.5. The zero-order chi connectivity index (χ0) is 12.7. The van der Waals surface area contributed by atoms with Crippen LogP contribution < -0.4 is 4.74 Å². The molecular formula is C14H9Cl2NO. The van der Waals surface area contributed by atoms with Gasteiger partial charge in [0.1, 0.15) is 5.75 Å². The van der Waals surface area contributed by atoms with Crippen LogP contribution in [0.5, 0.6) is 5.75 Å². The van der Waals surface area contributed by atoms with Gasteiger partial charge in [0, 0.05) is 21.9 Å². The van der Waals surface area contributed by atoms with E-state index >= 15 is 0 Å². The van der Waals surface area contributed by atoms with Crippen LogP contribution in [0.1, 0.15) is 0 Å². The molecule has 0 radical (unpaired) electrons. The molecule has 0 fully saturated rings. The van der Waals surface area contributed by atoms with Gasteiger partial charge in [0.15, 0.2) is 0 Å². The van der Waals surface area contributed by atoms with Gasteiger partial charge in [-0.3, -0.25) is 0 Å². The van der Waals surface area contributed by atoms with Crippen molar-refractivity contribution in [2.45, 2.75) is 0 Å². The maximum atomic E-state index is 6.20. The highest BCUT2D eigenvalue weighted by Gasteiger charge is 2.06. The Morgan fingerprint density at radius 1 is 1.00 bits per heavy atom. The Hall–Kier alpha value is -1.51. The Balaban J connectivity index is 2.41. The van der Waals surface area contributed by atoms with E-state index in [-0.39, 0.29) is 0 Å². The number of aromatic nitrogens is 1. The quantitative estimate of drug-likeness (QED) is 0.602. The van der Waals surface area contributed by atoms with Crippen molar-refractivity contribution in [2.75, 3.05) is 7.11 Å². The van der Waals surface area contributed by atoms with Crippen LogP contribution in [-0.2, 0) is 0 Å². The maximum Gasteiger partial charge on any atom is 0.121 e. The van der Waals surface area contributed by atoms with Crippen LogP contribution in [0.4, 0.5) is 0 Å². The van der Waals surface area contributed by atoms with Gasteiger partial charge in [-0.15, -0.1) is 0 Å². The molecule has 18 heavy (non-hydrogen) atoms. The van der Waals surface area contributed by atoms with Crippen LogP contribution in [0.25, 0.3) is 21.8 Å². The number of rotatable bonds is 1. The summed E-state index contributed by atoms with van der Waals surface area (Å²) >= 11 is 12.2. The number of hydrogen-bond acceptors (Lipinski definition) is 2. The van der Waals surface area contributed by atoms with Crippen LogP contribution in [0, 0.1) is 0 Å². The molecule has 0 unspecified atom stereocenters.